The Morgan fingerprint density at radius 1 is 1.20 bits per heavy atom. The fourth-order valence-corrected chi connectivity index (χ4v) is 1.49. The van der Waals surface area contributed by atoms with E-state index < -0.39 is 0 Å². The maximum atomic E-state index is 5.83. The molecule has 1 aromatic heterocycles. The third-order valence-electron chi connectivity index (χ3n) is 2.24. The van der Waals surface area contributed by atoms with Gasteiger partial charge in [0.05, 0.1) is 19.9 Å². The molecule has 4 nitrogen and oxygen atoms in total. The standard InChI is InChI=1S/C11H12N2O2/c1-14-9-6-10(15-2)13-11-7(9)4-3-5-8(11)12/h3-6H,12H2,1-2H3. The van der Waals surface area contributed by atoms with Crippen LogP contribution in [0.3, 0.4) is 0 Å². The zero-order chi connectivity index (χ0) is 10.8. The number of hydrogen-bond acceptors (Lipinski definition) is 4. The predicted octanol–water partition coefficient (Wildman–Crippen LogP) is 1.83. The Morgan fingerprint density at radius 2 is 2.00 bits per heavy atom. The van der Waals surface area contributed by atoms with E-state index in [2.05, 4.69) is 4.98 Å². The van der Waals surface area contributed by atoms with Crippen LogP contribution in [0.15, 0.2) is 24.3 Å². The van der Waals surface area contributed by atoms with Crippen LogP contribution >= 0.6 is 0 Å². The number of nitrogens with two attached hydrogens (primary N) is 1. The largest absolute Gasteiger partial charge is 0.496 e. The Hall–Kier alpha value is -1.97. The molecule has 0 unspecified atom stereocenters. The Morgan fingerprint density at radius 3 is 2.67 bits per heavy atom. The molecule has 4 heteroatoms. The first kappa shape index (κ1) is 9.58. The van der Waals surface area contributed by atoms with Crippen molar-refractivity contribution in [3.05, 3.63) is 24.3 Å². The van der Waals surface area contributed by atoms with Gasteiger partial charge in [0.15, 0.2) is 0 Å². The minimum Gasteiger partial charge on any atom is -0.496 e. The number of nitrogens with zero attached hydrogens (tertiary/aromatic N) is 1. The summed E-state index contributed by atoms with van der Waals surface area (Å²) in [7, 11) is 3.17. The summed E-state index contributed by atoms with van der Waals surface area (Å²) in [4.78, 5) is 4.27. The molecule has 0 saturated heterocycles. The van der Waals surface area contributed by atoms with E-state index in [1.807, 2.05) is 12.1 Å². The topological polar surface area (TPSA) is 57.4 Å². The molecule has 0 aliphatic rings. The van der Waals surface area contributed by atoms with Gasteiger partial charge in [0.25, 0.3) is 0 Å². The highest BCUT2D eigenvalue weighted by Gasteiger charge is 2.08. The van der Waals surface area contributed by atoms with Crippen molar-refractivity contribution in [3.63, 3.8) is 0 Å². The molecule has 0 atom stereocenters. The molecule has 2 rings (SSSR count). The summed E-state index contributed by atoms with van der Waals surface area (Å²) in [5, 5.41) is 0.887. The van der Waals surface area contributed by atoms with E-state index in [1.54, 1.807) is 26.4 Å². The van der Waals surface area contributed by atoms with Gasteiger partial charge in [-0.05, 0) is 12.1 Å². The molecule has 0 bridgehead atoms. The lowest BCUT2D eigenvalue weighted by Gasteiger charge is -2.08. The van der Waals surface area contributed by atoms with Crippen molar-refractivity contribution in [2.24, 2.45) is 0 Å². The summed E-state index contributed by atoms with van der Waals surface area (Å²) in [6, 6.07) is 7.32. The Labute approximate surface area is 87.6 Å². The van der Waals surface area contributed by atoms with Crippen LogP contribution in [0.1, 0.15) is 0 Å². The van der Waals surface area contributed by atoms with Crippen LogP contribution in [0, 0.1) is 0 Å². The highest BCUT2D eigenvalue weighted by Crippen LogP contribution is 2.30. The van der Waals surface area contributed by atoms with Gasteiger partial charge in [-0.1, -0.05) is 6.07 Å². The van der Waals surface area contributed by atoms with Gasteiger partial charge >= 0.3 is 0 Å². The number of ether oxygens (including phenoxy) is 2. The average Bonchev–Trinajstić information content (AvgIpc) is 2.28. The molecule has 0 saturated carbocycles. The van der Waals surface area contributed by atoms with E-state index in [-0.39, 0.29) is 0 Å². The monoisotopic (exact) mass is 204 g/mol. The SMILES string of the molecule is COc1cc(OC)c2cccc(N)c2n1. The number of hydrogen-bond donors (Lipinski definition) is 1. The number of aromatic nitrogens is 1. The van der Waals surface area contributed by atoms with Crippen LogP contribution in [0.2, 0.25) is 0 Å². The molecule has 78 valence electrons. The molecule has 2 N–H and O–H groups in total. The smallest absolute Gasteiger partial charge is 0.217 e. The van der Waals surface area contributed by atoms with E-state index in [0.717, 1.165) is 5.39 Å². The van der Waals surface area contributed by atoms with Gasteiger partial charge in [0, 0.05) is 11.5 Å². The van der Waals surface area contributed by atoms with E-state index in [1.165, 1.54) is 0 Å². The van der Waals surface area contributed by atoms with Gasteiger partial charge < -0.3 is 15.2 Å². The summed E-state index contributed by atoms with van der Waals surface area (Å²) in [5.41, 5.74) is 7.15. The zero-order valence-electron chi connectivity index (χ0n) is 8.65. The molecule has 0 spiro atoms. The van der Waals surface area contributed by atoms with Crippen molar-refractivity contribution in [1.29, 1.82) is 0 Å². The van der Waals surface area contributed by atoms with E-state index >= 15 is 0 Å². The fraction of sp³-hybridized carbons (Fsp3) is 0.182. The third kappa shape index (κ3) is 1.54. The molecule has 0 aliphatic heterocycles. The van der Waals surface area contributed by atoms with Crippen molar-refractivity contribution in [2.45, 2.75) is 0 Å². The Balaban J connectivity index is 2.80. The maximum absolute atomic E-state index is 5.83. The molecule has 0 amide bonds. The number of anilines is 1. The van der Waals surface area contributed by atoms with Gasteiger partial charge in [0.2, 0.25) is 5.88 Å². The number of nitrogen functional groups attached to an aromatic ring is 1. The van der Waals surface area contributed by atoms with Gasteiger partial charge in [-0.25, -0.2) is 4.98 Å². The molecule has 15 heavy (non-hydrogen) atoms. The van der Waals surface area contributed by atoms with Crippen LogP contribution in [-0.2, 0) is 0 Å². The Bertz CT molecular complexity index is 497. The number of rotatable bonds is 2. The second kappa shape index (κ2) is 3.65. The lowest BCUT2D eigenvalue weighted by atomic mass is 10.2. The minimum atomic E-state index is 0.497. The van der Waals surface area contributed by atoms with Crippen molar-refractivity contribution >= 4 is 16.6 Å². The first-order valence-electron chi connectivity index (χ1n) is 4.53. The molecular formula is C11H12N2O2. The molecule has 1 heterocycles. The van der Waals surface area contributed by atoms with E-state index in [0.29, 0.717) is 22.8 Å². The van der Waals surface area contributed by atoms with E-state index in [9.17, 15) is 0 Å². The molecular weight excluding hydrogens is 192 g/mol. The summed E-state index contributed by atoms with van der Waals surface area (Å²) >= 11 is 0. The van der Waals surface area contributed by atoms with Gasteiger partial charge in [0.1, 0.15) is 11.3 Å². The summed E-state index contributed by atoms with van der Waals surface area (Å²) in [5.74, 6) is 1.21. The van der Waals surface area contributed by atoms with Gasteiger partial charge in [-0.15, -0.1) is 0 Å². The van der Waals surface area contributed by atoms with Crippen molar-refractivity contribution < 1.29 is 9.47 Å². The van der Waals surface area contributed by atoms with Crippen LogP contribution in [0.4, 0.5) is 5.69 Å². The number of methoxy groups -OCH3 is 2. The summed E-state index contributed by atoms with van der Waals surface area (Å²) in [6.07, 6.45) is 0. The minimum absolute atomic E-state index is 0.497. The maximum Gasteiger partial charge on any atom is 0.217 e. The first-order chi connectivity index (χ1) is 7.26. The number of pyridine rings is 1. The second-order valence-corrected chi connectivity index (χ2v) is 3.11. The number of para-hydroxylation sites is 1. The average molecular weight is 204 g/mol. The summed E-state index contributed by atoms with van der Waals surface area (Å²) in [6.45, 7) is 0. The number of fused-ring (bicyclic) bond motifs is 1. The van der Waals surface area contributed by atoms with Gasteiger partial charge in [-0.2, -0.15) is 0 Å². The third-order valence-corrected chi connectivity index (χ3v) is 2.24. The molecule has 2 aromatic rings. The lowest BCUT2D eigenvalue weighted by molar-refractivity contribution is 0.386. The molecule has 0 fully saturated rings. The van der Waals surface area contributed by atoms with Crippen LogP contribution in [0.5, 0.6) is 11.6 Å². The molecule has 0 aliphatic carbocycles. The molecule has 1 aromatic carbocycles. The lowest BCUT2D eigenvalue weighted by Crippen LogP contribution is -1.95. The van der Waals surface area contributed by atoms with Crippen LogP contribution in [0.25, 0.3) is 10.9 Å². The highest BCUT2D eigenvalue weighted by atomic mass is 16.5. The first-order valence-corrected chi connectivity index (χ1v) is 4.53. The predicted molar refractivity (Wildman–Crippen MR) is 59.3 cm³/mol. The molecule has 0 radical (unpaired) electrons. The van der Waals surface area contributed by atoms with Gasteiger partial charge in [-0.3, -0.25) is 0 Å². The van der Waals surface area contributed by atoms with Crippen molar-refractivity contribution in [2.75, 3.05) is 20.0 Å². The van der Waals surface area contributed by atoms with E-state index in [4.69, 9.17) is 15.2 Å². The number of benzene rings is 1. The Kier molecular flexibility index (Phi) is 2.33. The van der Waals surface area contributed by atoms with Crippen LogP contribution < -0.4 is 15.2 Å². The highest BCUT2D eigenvalue weighted by molar-refractivity contribution is 5.94. The van der Waals surface area contributed by atoms with Crippen LogP contribution in [-0.4, -0.2) is 19.2 Å². The fourth-order valence-electron chi connectivity index (χ4n) is 1.49. The normalized spacial score (nSPS) is 10.3. The van der Waals surface area contributed by atoms with Crippen molar-refractivity contribution in [1.82, 2.24) is 4.98 Å². The second-order valence-electron chi connectivity index (χ2n) is 3.11. The summed E-state index contributed by atoms with van der Waals surface area (Å²) < 4.78 is 10.3. The quantitative estimate of drug-likeness (QED) is 0.758. The zero-order valence-corrected chi connectivity index (χ0v) is 8.65. The van der Waals surface area contributed by atoms with Crippen molar-refractivity contribution in [3.8, 4) is 11.6 Å².